The van der Waals surface area contributed by atoms with Crippen molar-refractivity contribution in [3.8, 4) is 0 Å². The van der Waals surface area contributed by atoms with Crippen molar-refractivity contribution in [2.45, 2.75) is 42.7 Å². The molecule has 0 aromatic heterocycles. The van der Waals surface area contributed by atoms with E-state index in [4.69, 9.17) is 4.74 Å². The molecular formula is C28H32N2O4S. The summed E-state index contributed by atoms with van der Waals surface area (Å²) >= 11 is 1.58. The molecule has 1 unspecified atom stereocenters. The number of rotatable bonds is 8. The van der Waals surface area contributed by atoms with Gasteiger partial charge in [-0.1, -0.05) is 60.7 Å². The molecule has 0 N–H and O–H groups in total. The number of nitrogens with zero attached hydrogens (tertiary/aromatic N) is 2. The van der Waals surface area contributed by atoms with E-state index in [-0.39, 0.29) is 24.2 Å². The molecule has 2 fully saturated rings. The van der Waals surface area contributed by atoms with Crippen LogP contribution >= 0.6 is 11.8 Å². The highest BCUT2D eigenvalue weighted by Gasteiger charge is 2.53. The van der Waals surface area contributed by atoms with E-state index < -0.39 is 10.1 Å². The smallest absolute Gasteiger partial charge is 0.307 e. The quantitative estimate of drug-likeness (QED) is 0.409. The topological polar surface area (TPSA) is 66.9 Å². The molecule has 2 aliphatic rings. The number of likely N-dealkylation sites (tertiary alicyclic amines) is 1. The van der Waals surface area contributed by atoms with E-state index in [1.54, 1.807) is 24.8 Å². The molecule has 2 saturated heterocycles. The maximum atomic E-state index is 13.4. The Morgan fingerprint density at radius 1 is 1.06 bits per heavy atom. The first-order valence-corrected chi connectivity index (χ1v) is 13.1. The summed E-state index contributed by atoms with van der Waals surface area (Å²) in [6.45, 7) is 3.82. The molecule has 2 heterocycles. The highest BCUT2D eigenvalue weighted by Crippen LogP contribution is 2.49. The Kier molecular flexibility index (Phi) is 8.29. The van der Waals surface area contributed by atoms with E-state index in [2.05, 4.69) is 12.1 Å². The van der Waals surface area contributed by atoms with Gasteiger partial charge < -0.3 is 14.5 Å². The fourth-order valence-corrected chi connectivity index (χ4v) is 6.46. The second kappa shape index (κ2) is 11.6. The van der Waals surface area contributed by atoms with Gasteiger partial charge in [-0.25, -0.2) is 0 Å². The van der Waals surface area contributed by atoms with Gasteiger partial charge in [0.15, 0.2) is 0 Å². The van der Waals surface area contributed by atoms with Gasteiger partial charge >= 0.3 is 5.97 Å². The van der Waals surface area contributed by atoms with Crippen molar-refractivity contribution in [2.75, 3.05) is 26.2 Å². The van der Waals surface area contributed by atoms with Crippen LogP contribution in [-0.2, 0) is 25.5 Å². The lowest BCUT2D eigenvalue weighted by atomic mass is 10.0. The highest BCUT2D eigenvalue weighted by atomic mass is 32.2. The van der Waals surface area contributed by atoms with Crippen LogP contribution in [0.1, 0.15) is 37.3 Å². The molecular weight excluding hydrogens is 460 g/mol. The first kappa shape index (κ1) is 25.0. The summed E-state index contributed by atoms with van der Waals surface area (Å²) in [5.74, 6) is -0.350. The average molecular weight is 493 g/mol. The van der Waals surface area contributed by atoms with Gasteiger partial charge in [0.2, 0.25) is 11.8 Å². The van der Waals surface area contributed by atoms with Gasteiger partial charge in [-0.15, -0.1) is 11.8 Å². The number of hydrogen-bond donors (Lipinski definition) is 0. The van der Waals surface area contributed by atoms with E-state index >= 15 is 0 Å². The van der Waals surface area contributed by atoms with E-state index in [9.17, 15) is 14.4 Å². The second-order valence-corrected chi connectivity index (χ2v) is 10.4. The summed E-state index contributed by atoms with van der Waals surface area (Å²) in [5.41, 5.74) is 2.16. The third kappa shape index (κ3) is 6.14. The molecule has 1 atom stereocenters. The Hall–Kier alpha value is -3.06. The van der Waals surface area contributed by atoms with Gasteiger partial charge in [-0.3, -0.25) is 14.4 Å². The predicted octanol–water partition coefficient (Wildman–Crippen LogP) is 4.16. The third-order valence-corrected chi connectivity index (χ3v) is 8.31. The molecule has 0 aliphatic carbocycles. The molecule has 1 spiro atoms. The zero-order chi connectivity index (χ0) is 24.7. The minimum atomic E-state index is -0.440. The van der Waals surface area contributed by atoms with Crippen LogP contribution in [0.5, 0.6) is 0 Å². The van der Waals surface area contributed by atoms with Crippen LogP contribution in [0.2, 0.25) is 0 Å². The fourth-order valence-electron chi connectivity index (χ4n) is 4.75. The Balaban J connectivity index is 1.44. The monoisotopic (exact) mass is 492 g/mol. The zero-order valence-corrected chi connectivity index (χ0v) is 20.9. The predicted molar refractivity (Wildman–Crippen MR) is 139 cm³/mol. The van der Waals surface area contributed by atoms with Crippen LogP contribution in [-0.4, -0.2) is 63.9 Å². The minimum Gasteiger partial charge on any atom is -0.466 e. The van der Waals surface area contributed by atoms with Crippen molar-refractivity contribution in [3.05, 3.63) is 77.9 Å². The summed E-state index contributed by atoms with van der Waals surface area (Å²) in [4.78, 5) is 41.8. The molecule has 2 aromatic rings. The number of carbonyl (C=O) groups is 3. The lowest BCUT2D eigenvalue weighted by Crippen LogP contribution is -2.53. The van der Waals surface area contributed by atoms with Crippen LogP contribution in [0.3, 0.4) is 0 Å². The summed E-state index contributed by atoms with van der Waals surface area (Å²) in [6, 6.07) is 19.9. The summed E-state index contributed by atoms with van der Waals surface area (Å²) in [5, 5.41) is -0.440. The van der Waals surface area contributed by atoms with Crippen LogP contribution in [0.25, 0.3) is 6.08 Å². The zero-order valence-electron chi connectivity index (χ0n) is 20.1. The first-order chi connectivity index (χ1) is 17.0. The molecule has 7 heteroatoms. The Bertz CT molecular complexity index is 1050. The number of amides is 2. The Labute approximate surface area is 211 Å². The number of piperidine rings is 1. The molecule has 4 rings (SSSR count). The van der Waals surface area contributed by atoms with Crippen LogP contribution in [0.4, 0.5) is 0 Å². The van der Waals surface area contributed by atoms with Crippen LogP contribution < -0.4 is 0 Å². The second-order valence-electron chi connectivity index (χ2n) is 8.86. The maximum Gasteiger partial charge on any atom is 0.307 e. The first-order valence-electron chi connectivity index (χ1n) is 12.2. The van der Waals surface area contributed by atoms with Gasteiger partial charge in [0, 0.05) is 25.7 Å². The molecule has 0 radical (unpaired) electrons. The van der Waals surface area contributed by atoms with Crippen molar-refractivity contribution in [3.63, 3.8) is 0 Å². The standard InChI is InChI=1S/C28H32N2O4S/c1-2-34-26(32)21-24-27(33)30(18-15-23-11-7-4-8-12-23)28(35-24)16-19-29(20-17-28)25(31)14-13-22-9-5-3-6-10-22/h3-14,24H,2,15-21H2,1H3/b14-13+. The number of hydrogen-bond acceptors (Lipinski definition) is 5. The van der Waals surface area contributed by atoms with Crippen molar-refractivity contribution >= 4 is 35.6 Å². The number of benzene rings is 2. The van der Waals surface area contributed by atoms with Gasteiger partial charge in [-0.05, 0) is 43.4 Å². The molecule has 35 heavy (non-hydrogen) atoms. The third-order valence-electron chi connectivity index (χ3n) is 6.59. The maximum absolute atomic E-state index is 13.4. The highest BCUT2D eigenvalue weighted by molar-refractivity contribution is 8.02. The lowest BCUT2D eigenvalue weighted by Gasteiger charge is -2.44. The normalized spacial score (nSPS) is 19.5. The van der Waals surface area contributed by atoms with Gasteiger partial charge in [0.25, 0.3) is 0 Å². The molecule has 2 aromatic carbocycles. The van der Waals surface area contributed by atoms with E-state index in [0.29, 0.717) is 39.1 Å². The molecule has 2 amide bonds. The molecule has 0 bridgehead atoms. The summed E-state index contributed by atoms with van der Waals surface area (Å²) in [6.07, 6.45) is 5.66. The Morgan fingerprint density at radius 2 is 1.71 bits per heavy atom. The molecule has 0 saturated carbocycles. The number of ether oxygens (including phenoxy) is 1. The van der Waals surface area contributed by atoms with Crippen LogP contribution in [0, 0.1) is 0 Å². The van der Waals surface area contributed by atoms with Gasteiger partial charge in [0.1, 0.15) is 0 Å². The molecule has 2 aliphatic heterocycles. The lowest BCUT2D eigenvalue weighted by molar-refractivity contribution is -0.145. The fraction of sp³-hybridized carbons (Fsp3) is 0.393. The number of thioether (sulfide) groups is 1. The van der Waals surface area contributed by atoms with Crippen molar-refractivity contribution in [1.82, 2.24) is 9.80 Å². The molecule has 6 nitrogen and oxygen atoms in total. The summed E-state index contributed by atoms with van der Waals surface area (Å²) < 4.78 is 5.12. The van der Waals surface area contributed by atoms with E-state index in [0.717, 1.165) is 12.0 Å². The van der Waals surface area contributed by atoms with Crippen molar-refractivity contribution in [2.24, 2.45) is 0 Å². The summed E-state index contributed by atoms with van der Waals surface area (Å²) in [7, 11) is 0. The van der Waals surface area contributed by atoms with Crippen molar-refractivity contribution in [1.29, 1.82) is 0 Å². The van der Waals surface area contributed by atoms with Crippen LogP contribution in [0.15, 0.2) is 66.7 Å². The van der Waals surface area contributed by atoms with E-state index in [1.807, 2.05) is 64.4 Å². The van der Waals surface area contributed by atoms with Gasteiger partial charge in [-0.2, -0.15) is 0 Å². The average Bonchev–Trinajstić information content (AvgIpc) is 3.12. The Morgan fingerprint density at radius 3 is 2.37 bits per heavy atom. The van der Waals surface area contributed by atoms with Crippen molar-refractivity contribution < 1.29 is 19.1 Å². The van der Waals surface area contributed by atoms with E-state index in [1.165, 1.54) is 5.56 Å². The minimum absolute atomic E-state index is 0.00253. The van der Waals surface area contributed by atoms with Gasteiger partial charge in [0.05, 0.1) is 23.1 Å². The largest absolute Gasteiger partial charge is 0.466 e. The number of carbonyl (C=O) groups excluding carboxylic acids is 3. The SMILES string of the molecule is CCOC(=O)CC1SC2(CCN(C(=O)/C=C/c3ccccc3)CC2)N(CCc2ccccc2)C1=O. The number of esters is 1. The molecule has 184 valence electrons.